The van der Waals surface area contributed by atoms with Gasteiger partial charge in [0.1, 0.15) is 11.9 Å². The third-order valence-electron chi connectivity index (χ3n) is 2.98. The first-order valence-electron chi connectivity index (χ1n) is 4.66. The van der Waals surface area contributed by atoms with Gasteiger partial charge in [0.25, 0.3) is 0 Å². The van der Waals surface area contributed by atoms with Crippen molar-refractivity contribution in [3.05, 3.63) is 29.8 Å². The standard InChI is InChI=1S/C11H10O2/c12-11-7-3-1-2-4-9(7)13-10-6-5-8(10)11/h1-4,8,10H,5-6H2/t8-,10-/m1/s1. The highest BCUT2D eigenvalue weighted by atomic mass is 16.5. The van der Waals surface area contributed by atoms with Crippen LogP contribution in [0.25, 0.3) is 0 Å². The fourth-order valence-corrected chi connectivity index (χ4v) is 2.05. The van der Waals surface area contributed by atoms with Gasteiger partial charge in [0.2, 0.25) is 0 Å². The Bertz CT molecular complexity index is 370. The van der Waals surface area contributed by atoms with Gasteiger partial charge < -0.3 is 4.74 Å². The maximum absolute atomic E-state index is 11.8. The summed E-state index contributed by atoms with van der Waals surface area (Å²) in [6.07, 6.45) is 2.20. The molecule has 3 rings (SSSR count). The fraction of sp³-hybridized carbons (Fsp3) is 0.364. The Kier molecular flexibility index (Phi) is 1.29. The van der Waals surface area contributed by atoms with Crippen LogP contribution in [0.5, 0.6) is 5.75 Å². The molecule has 1 aliphatic carbocycles. The van der Waals surface area contributed by atoms with E-state index in [1.54, 1.807) is 0 Å². The SMILES string of the molecule is O=C1c2ccccc2O[C@@H]2CC[C@@H]12. The molecule has 0 unspecified atom stereocenters. The van der Waals surface area contributed by atoms with Gasteiger partial charge in [0.15, 0.2) is 5.78 Å². The van der Waals surface area contributed by atoms with Gasteiger partial charge in [-0.3, -0.25) is 4.79 Å². The van der Waals surface area contributed by atoms with Crippen molar-refractivity contribution >= 4 is 5.78 Å². The number of ketones is 1. The molecular weight excluding hydrogens is 164 g/mol. The van der Waals surface area contributed by atoms with Crippen molar-refractivity contribution in [2.24, 2.45) is 5.92 Å². The summed E-state index contributed by atoms with van der Waals surface area (Å²) >= 11 is 0. The Morgan fingerprint density at radius 1 is 1.23 bits per heavy atom. The summed E-state index contributed by atoms with van der Waals surface area (Å²) in [4.78, 5) is 11.8. The van der Waals surface area contributed by atoms with Crippen molar-refractivity contribution in [3.8, 4) is 5.75 Å². The normalized spacial score (nSPS) is 29.7. The highest BCUT2D eigenvalue weighted by molar-refractivity contribution is 6.02. The van der Waals surface area contributed by atoms with Crippen LogP contribution in [-0.4, -0.2) is 11.9 Å². The average Bonchev–Trinajstić information content (AvgIpc) is 2.11. The van der Waals surface area contributed by atoms with Gasteiger partial charge in [-0.25, -0.2) is 0 Å². The number of Topliss-reactive ketones (excluding diaryl/α,β-unsaturated/α-hetero) is 1. The molecule has 1 heterocycles. The minimum Gasteiger partial charge on any atom is -0.489 e. The summed E-state index contributed by atoms with van der Waals surface area (Å²) in [6, 6.07) is 7.53. The molecule has 2 nitrogen and oxygen atoms in total. The predicted octanol–water partition coefficient (Wildman–Crippen LogP) is 2.04. The monoisotopic (exact) mass is 174 g/mol. The van der Waals surface area contributed by atoms with E-state index >= 15 is 0 Å². The molecule has 13 heavy (non-hydrogen) atoms. The summed E-state index contributed by atoms with van der Waals surface area (Å²) in [5.74, 6) is 1.20. The van der Waals surface area contributed by atoms with Crippen molar-refractivity contribution in [2.45, 2.75) is 18.9 Å². The van der Waals surface area contributed by atoms with Crippen LogP contribution in [0.15, 0.2) is 24.3 Å². The van der Waals surface area contributed by atoms with Crippen LogP contribution in [0.1, 0.15) is 23.2 Å². The summed E-state index contributed by atoms with van der Waals surface area (Å²) in [5, 5.41) is 0. The van der Waals surface area contributed by atoms with Gasteiger partial charge in [-0.05, 0) is 25.0 Å². The van der Waals surface area contributed by atoms with Crippen LogP contribution in [0.3, 0.4) is 0 Å². The van der Waals surface area contributed by atoms with E-state index in [1.807, 2.05) is 24.3 Å². The lowest BCUT2D eigenvalue weighted by Crippen LogP contribution is -2.45. The molecule has 2 atom stereocenters. The van der Waals surface area contributed by atoms with Crippen LogP contribution in [0.2, 0.25) is 0 Å². The van der Waals surface area contributed by atoms with E-state index in [1.165, 1.54) is 0 Å². The van der Waals surface area contributed by atoms with Crippen molar-refractivity contribution < 1.29 is 9.53 Å². The Hall–Kier alpha value is -1.31. The van der Waals surface area contributed by atoms with E-state index in [9.17, 15) is 4.79 Å². The molecule has 1 aromatic rings. The topological polar surface area (TPSA) is 26.3 Å². The number of ether oxygens (including phenoxy) is 1. The lowest BCUT2D eigenvalue weighted by Gasteiger charge is -2.39. The molecule has 0 spiro atoms. The molecule has 0 saturated heterocycles. The van der Waals surface area contributed by atoms with E-state index < -0.39 is 0 Å². The molecule has 0 aromatic heterocycles. The Balaban J connectivity index is 2.11. The first-order valence-corrected chi connectivity index (χ1v) is 4.66. The second kappa shape index (κ2) is 2.34. The molecule has 1 aromatic carbocycles. The van der Waals surface area contributed by atoms with Crippen molar-refractivity contribution in [1.29, 1.82) is 0 Å². The number of para-hydroxylation sites is 1. The lowest BCUT2D eigenvalue weighted by molar-refractivity contribution is 0.0279. The summed E-state index contributed by atoms with van der Waals surface area (Å²) in [6.45, 7) is 0. The van der Waals surface area contributed by atoms with E-state index in [2.05, 4.69) is 0 Å². The maximum atomic E-state index is 11.8. The molecule has 0 bridgehead atoms. The molecule has 0 radical (unpaired) electrons. The Morgan fingerprint density at radius 3 is 2.85 bits per heavy atom. The predicted molar refractivity (Wildman–Crippen MR) is 47.9 cm³/mol. The summed E-state index contributed by atoms with van der Waals surface area (Å²) in [5.41, 5.74) is 0.767. The molecule has 0 N–H and O–H groups in total. The van der Waals surface area contributed by atoms with Gasteiger partial charge in [0, 0.05) is 0 Å². The van der Waals surface area contributed by atoms with Gasteiger partial charge in [-0.15, -0.1) is 0 Å². The third-order valence-corrected chi connectivity index (χ3v) is 2.98. The van der Waals surface area contributed by atoms with Crippen LogP contribution in [0, 0.1) is 5.92 Å². The molecule has 1 aliphatic heterocycles. The minimum atomic E-state index is 0.148. The summed E-state index contributed by atoms with van der Waals surface area (Å²) < 4.78 is 5.68. The zero-order chi connectivity index (χ0) is 8.84. The first-order chi connectivity index (χ1) is 6.36. The quantitative estimate of drug-likeness (QED) is 0.601. The number of carbonyl (C=O) groups is 1. The third kappa shape index (κ3) is 0.857. The molecule has 2 heteroatoms. The average molecular weight is 174 g/mol. The zero-order valence-electron chi connectivity index (χ0n) is 7.19. The van der Waals surface area contributed by atoms with Gasteiger partial charge in [-0.2, -0.15) is 0 Å². The summed E-state index contributed by atoms with van der Waals surface area (Å²) in [7, 11) is 0. The largest absolute Gasteiger partial charge is 0.489 e. The van der Waals surface area contributed by atoms with E-state index in [0.717, 1.165) is 24.2 Å². The van der Waals surface area contributed by atoms with E-state index in [-0.39, 0.29) is 17.8 Å². The van der Waals surface area contributed by atoms with Crippen LogP contribution in [-0.2, 0) is 0 Å². The number of hydrogen-bond acceptors (Lipinski definition) is 2. The Morgan fingerprint density at radius 2 is 2.08 bits per heavy atom. The highest BCUT2D eigenvalue weighted by Gasteiger charge is 2.43. The smallest absolute Gasteiger partial charge is 0.173 e. The number of carbonyl (C=O) groups excluding carboxylic acids is 1. The Labute approximate surface area is 76.5 Å². The zero-order valence-corrected chi connectivity index (χ0v) is 7.19. The van der Waals surface area contributed by atoms with Gasteiger partial charge in [-0.1, -0.05) is 12.1 Å². The second-order valence-electron chi connectivity index (χ2n) is 3.70. The van der Waals surface area contributed by atoms with Crippen LogP contribution >= 0.6 is 0 Å². The molecular formula is C11H10O2. The molecule has 1 saturated carbocycles. The minimum absolute atomic E-state index is 0.148. The number of hydrogen-bond donors (Lipinski definition) is 0. The fourth-order valence-electron chi connectivity index (χ4n) is 2.05. The van der Waals surface area contributed by atoms with Gasteiger partial charge in [0.05, 0.1) is 11.5 Å². The van der Waals surface area contributed by atoms with Crippen molar-refractivity contribution in [3.63, 3.8) is 0 Å². The molecule has 1 fully saturated rings. The second-order valence-corrected chi connectivity index (χ2v) is 3.70. The lowest BCUT2D eigenvalue weighted by atomic mass is 9.75. The number of rotatable bonds is 0. The van der Waals surface area contributed by atoms with Gasteiger partial charge >= 0.3 is 0 Å². The van der Waals surface area contributed by atoms with E-state index in [4.69, 9.17) is 4.74 Å². The van der Waals surface area contributed by atoms with Crippen molar-refractivity contribution in [1.82, 2.24) is 0 Å². The molecule has 2 aliphatic rings. The first kappa shape index (κ1) is 7.13. The van der Waals surface area contributed by atoms with Crippen LogP contribution < -0.4 is 4.74 Å². The van der Waals surface area contributed by atoms with Crippen LogP contribution in [0.4, 0.5) is 0 Å². The van der Waals surface area contributed by atoms with E-state index in [0.29, 0.717) is 0 Å². The van der Waals surface area contributed by atoms with Crippen molar-refractivity contribution in [2.75, 3.05) is 0 Å². The maximum Gasteiger partial charge on any atom is 0.173 e. The number of fused-ring (bicyclic) bond motifs is 2. The number of benzene rings is 1. The highest BCUT2D eigenvalue weighted by Crippen LogP contribution is 2.40. The molecule has 66 valence electrons. The molecule has 0 amide bonds.